The van der Waals surface area contributed by atoms with Crippen LogP contribution in [0.1, 0.15) is 25.3 Å². The van der Waals surface area contributed by atoms with Crippen molar-refractivity contribution in [2.75, 3.05) is 11.9 Å². The summed E-state index contributed by atoms with van der Waals surface area (Å²) in [5.41, 5.74) is 1.27. The fourth-order valence-electron chi connectivity index (χ4n) is 1.91. The lowest BCUT2D eigenvalue weighted by Crippen LogP contribution is -2.29. The average Bonchev–Trinajstić information content (AvgIpc) is 2.16. The molecule has 1 N–H and O–H groups in total. The quantitative estimate of drug-likeness (QED) is 0.792. The van der Waals surface area contributed by atoms with Crippen molar-refractivity contribution in [2.45, 2.75) is 26.7 Å². The SMILES string of the molecule is Cc1ccnc(NC[C@@H]2CC[C@H]2C)c1. The average molecular weight is 190 g/mol. The fraction of sp³-hybridized carbons (Fsp3) is 0.583. The molecule has 1 aromatic heterocycles. The Morgan fingerprint density at radius 1 is 1.50 bits per heavy atom. The van der Waals surface area contributed by atoms with Gasteiger partial charge in [0.2, 0.25) is 0 Å². The zero-order valence-electron chi connectivity index (χ0n) is 8.96. The van der Waals surface area contributed by atoms with Gasteiger partial charge in [0, 0.05) is 12.7 Å². The lowest BCUT2D eigenvalue weighted by molar-refractivity contribution is 0.210. The summed E-state index contributed by atoms with van der Waals surface area (Å²) in [7, 11) is 0. The standard InChI is InChI=1S/C12H18N2/c1-9-5-6-13-12(7-9)14-8-11-4-3-10(11)2/h5-7,10-11H,3-4,8H2,1-2H3,(H,13,14)/t10-,11+/m1/s1. The largest absolute Gasteiger partial charge is 0.370 e. The third-order valence-electron chi connectivity index (χ3n) is 3.26. The van der Waals surface area contributed by atoms with E-state index >= 15 is 0 Å². The summed E-state index contributed by atoms with van der Waals surface area (Å²) < 4.78 is 0. The topological polar surface area (TPSA) is 24.9 Å². The van der Waals surface area contributed by atoms with Gasteiger partial charge in [0.25, 0.3) is 0 Å². The van der Waals surface area contributed by atoms with Crippen molar-refractivity contribution in [3.8, 4) is 0 Å². The zero-order valence-corrected chi connectivity index (χ0v) is 8.96. The van der Waals surface area contributed by atoms with Gasteiger partial charge in [0.05, 0.1) is 0 Å². The molecule has 14 heavy (non-hydrogen) atoms. The van der Waals surface area contributed by atoms with Gasteiger partial charge in [0.1, 0.15) is 5.82 Å². The first-order valence-electron chi connectivity index (χ1n) is 5.42. The van der Waals surface area contributed by atoms with Crippen molar-refractivity contribution in [1.29, 1.82) is 0 Å². The van der Waals surface area contributed by atoms with Crippen LogP contribution >= 0.6 is 0 Å². The molecule has 1 heterocycles. The van der Waals surface area contributed by atoms with Crippen LogP contribution in [0.2, 0.25) is 0 Å². The highest BCUT2D eigenvalue weighted by Gasteiger charge is 2.25. The van der Waals surface area contributed by atoms with E-state index in [4.69, 9.17) is 0 Å². The number of rotatable bonds is 3. The highest BCUT2D eigenvalue weighted by molar-refractivity contribution is 5.36. The molecule has 0 bridgehead atoms. The molecule has 1 aromatic rings. The van der Waals surface area contributed by atoms with Crippen LogP contribution in [0.5, 0.6) is 0 Å². The Balaban J connectivity index is 1.85. The van der Waals surface area contributed by atoms with Crippen molar-refractivity contribution in [3.63, 3.8) is 0 Å². The van der Waals surface area contributed by atoms with E-state index in [1.165, 1.54) is 18.4 Å². The minimum absolute atomic E-state index is 0.859. The van der Waals surface area contributed by atoms with Crippen LogP contribution in [0.3, 0.4) is 0 Å². The van der Waals surface area contributed by atoms with E-state index in [9.17, 15) is 0 Å². The Bertz CT molecular complexity index is 309. The molecule has 2 nitrogen and oxygen atoms in total. The van der Waals surface area contributed by atoms with Gasteiger partial charge in [-0.15, -0.1) is 0 Å². The first-order valence-corrected chi connectivity index (χ1v) is 5.42. The fourth-order valence-corrected chi connectivity index (χ4v) is 1.91. The Kier molecular flexibility index (Phi) is 2.71. The number of pyridine rings is 1. The van der Waals surface area contributed by atoms with Crippen LogP contribution in [0.4, 0.5) is 5.82 Å². The van der Waals surface area contributed by atoms with Gasteiger partial charge in [0.15, 0.2) is 0 Å². The van der Waals surface area contributed by atoms with Crippen LogP contribution in [-0.2, 0) is 0 Å². The Morgan fingerprint density at radius 2 is 2.36 bits per heavy atom. The van der Waals surface area contributed by atoms with Gasteiger partial charge in [-0.2, -0.15) is 0 Å². The molecule has 0 aromatic carbocycles. The lowest BCUT2D eigenvalue weighted by atomic mass is 9.75. The van der Waals surface area contributed by atoms with Gasteiger partial charge in [-0.05, 0) is 42.9 Å². The maximum absolute atomic E-state index is 4.28. The second-order valence-corrected chi connectivity index (χ2v) is 4.41. The molecule has 76 valence electrons. The third kappa shape index (κ3) is 2.06. The molecule has 0 unspecified atom stereocenters. The highest BCUT2D eigenvalue weighted by atomic mass is 15.0. The van der Waals surface area contributed by atoms with Gasteiger partial charge in [-0.25, -0.2) is 4.98 Å². The number of aryl methyl sites for hydroxylation is 1. The second kappa shape index (κ2) is 3.99. The van der Waals surface area contributed by atoms with Crippen molar-refractivity contribution >= 4 is 5.82 Å². The minimum atomic E-state index is 0.859. The lowest BCUT2D eigenvalue weighted by Gasteiger charge is -2.34. The Hall–Kier alpha value is -1.05. The molecule has 0 saturated heterocycles. The summed E-state index contributed by atoms with van der Waals surface area (Å²) in [5.74, 6) is 2.77. The van der Waals surface area contributed by atoms with Gasteiger partial charge in [-0.3, -0.25) is 0 Å². The molecular weight excluding hydrogens is 172 g/mol. The van der Waals surface area contributed by atoms with E-state index < -0.39 is 0 Å². The maximum Gasteiger partial charge on any atom is 0.126 e. The number of nitrogens with zero attached hydrogens (tertiary/aromatic N) is 1. The molecule has 0 amide bonds. The van der Waals surface area contributed by atoms with E-state index in [0.717, 1.165) is 24.2 Å². The summed E-state index contributed by atoms with van der Waals surface area (Å²) in [6.45, 7) is 5.51. The van der Waals surface area contributed by atoms with E-state index in [1.54, 1.807) is 0 Å². The molecule has 0 radical (unpaired) electrons. The number of nitrogens with one attached hydrogen (secondary N) is 1. The number of aromatic nitrogens is 1. The summed E-state index contributed by atoms with van der Waals surface area (Å²) in [4.78, 5) is 4.28. The Morgan fingerprint density at radius 3 is 2.93 bits per heavy atom. The molecule has 0 spiro atoms. The maximum atomic E-state index is 4.28. The highest BCUT2D eigenvalue weighted by Crippen LogP contribution is 2.33. The molecular formula is C12H18N2. The smallest absolute Gasteiger partial charge is 0.126 e. The predicted octanol–water partition coefficient (Wildman–Crippen LogP) is 2.85. The van der Waals surface area contributed by atoms with E-state index in [2.05, 4.69) is 30.2 Å². The zero-order chi connectivity index (χ0) is 9.97. The predicted molar refractivity (Wildman–Crippen MR) is 59.4 cm³/mol. The molecule has 1 fully saturated rings. The molecule has 1 aliphatic carbocycles. The van der Waals surface area contributed by atoms with E-state index in [1.807, 2.05) is 12.3 Å². The van der Waals surface area contributed by atoms with Crippen molar-refractivity contribution < 1.29 is 0 Å². The van der Waals surface area contributed by atoms with Gasteiger partial charge >= 0.3 is 0 Å². The Labute approximate surface area is 85.7 Å². The molecule has 0 aliphatic heterocycles. The van der Waals surface area contributed by atoms with Gasteiger partial charge < -0.3 is 5.32 Å². The summed E-state index contributed by atoms with van der Waals surface area (Å²) in [6.07, 6.45) is 4.63. The minimum Gasteiger partial charge on any atom is -0.370 e. The van der Waals surface area contributed by atoms with Crippen molar-refractivity contribution in [1.82, 2.24) is 4.98 Å². The first kappa shape index (κ1) is 9.50. The van der Waals surface area contributed by atoms with Gasteiger partial charge in [-0.1, -0.05) is 13.3 Å². The summed E-state index contributed by atoms with van der Waals surface area (Å²) >= 11 is 0. The van der Waals surface area contributed by atoms with Crippen LogP contribution in [0.25, 0.3) is 0 Å². The van der Waals surface area contributed by atoms with Crippen LogP contribution < -0.4 is 5.32 Å². The second-order valence-electron chi connectivity index (χ2n) is 4.41. The summed E-state index contributed by atoms with van der Waals surface area (Å²) in [5, 5.41) is 3.41. The molecule has 2 rings (SSSR count). The summed E-state index contributed by atoms with van der Waals surface area (Å²) in [6, 6.07) is 4.13. The monoisotopic (exact) mass is 190 g/mol. The number of anilines is 1. The third-order valence-corrected chi connectivity index (χ3v) is 3.26. The normalized spacial score (nSPS) is 25.6. The molecule has 1 saturated carbocycles. The molecule has 2 heteroatoms. The van der Waals surface area contributed by atoms with Crippen molar-refractivity contribution in [3.05, 3.63) is 23.9 Å². The number of hydrogen-bond donors (Lipinski definition) is 1. The van der Waals surface area contributed by atoms with Crippen LogP contribution in [-0.4, -0.2) is 11.5 Å². The first-order chi connectivity index (χ1) is 6.75. The van der Waals surface area contributed by atoms with Crippen LogP contribution in [0.15, 0.2) is 18.3 Å². The molecule has 2 atom stereocenters. The van der Waals surface area contributed by atoms with E-state index in [0.29, 0.717) is 0 Å². The number of hydrogen-bond acceptors (Lipinski definition) is 2. The van der Waals surface area contributed by atoms with Crippen molar-refractivity contribution in [2.24, 2.45) is 11.8 Å². The van der Waals surface area contributed by atoms with E-state index in [-0.39, 0.29) is 0 Å². The van der Waals surface area contributed by atoms with Crippen LogP contribution in [0, 0.1) is 18.8 Å². The molecule has 1 aliphatic rings.